The molecule has 6 heteroatoms. The van der Waals surface area contributed by atoms with E-state index in [1.54, 1.807) is 6.07 Å². The van der Waals surface area contributed by atoms with Gasteiger partial charge in [-0.05, 0) is 37.0 Å². The Hall–Kier alpha value is -0.450. The maximum absolute atomic E-state index is 11.4. The fourth-order valence-corrected chi connectivity index (χ4v) is 2.89. The molecule has 0 radical (unpaired) electrons. The van der Waals surface area contributed by atoms with Crippen LogP contribution in [0.3, 0.4) is 0 Å². The minimum atomic E-state index is -3.83. The lowest BCUT2D eigenvalue weighted by molar-refractivity contribution is 0.177. The summed E-state index contributed by atoms with van der Waals surface area (Å²) in [7, 11) is 1.50. The van der Waals surface area contributed by atoms with E-state index in [-0.39, 0.29) is 10.6 Å². The van der Waals surface area contributed by atoms with Gasteiger partial charge in [0.2, 0.25) is 0 Å². The number of hydrogen-bond acceptors (Lipinski definition) is 3. The van der Waals surface area contributed by atoms with Gasteiger partial charge in [0.25, 0.3) is 9.05 Å². The molecule has 1 saturated carbocycles. The number of halogens is 2. The van der Waals surface area contributed by atoms with Gasteiger partial charge in [-0.15, -0.1) is 0 Å². The van der Waals surface area contributed by atoms with E-state index in [9.17, 15) is 8.42 Å². The van der Waals surface area contributed by atoms with Crippen LogP contribution >= 0.6 is 22.3 Å². The summed E-state index contributed by atoms with van der Waals surface area (Å²) < 4.78 is 28.2. The average molecular weight is 295 g/mol. The van der Waals surface area contributed by atoms with Crippen LogP contribution in [-0.4, -0.2) is 15.0 Å². The third-order valence-corrected chi connectivity index (χ3v) is 4.45. The Kier molecular flexibility index (Phi) is 3.85. The quantitative estimate of drug-likeness (QED) is 0.799. The zero-order valence-electron chi connectivity index (χ0n) is 9.03. The summed E-state index contributed by atoms with van der Waals surface area (Å²) in [5.74, 6) is 0.799. The molecular formula is C11H12Cl2O3S. The van der Waals surface area contributed by atoms with Crippen LogP contribution in [0.4, 0.5) is 0 Å². The molecule has 0 bridgehead atoms. The second-order valence-corrected chi connectivity index (χ2v) is 7.11. The third kappa shape index (κ3) is 3.27. The summed E-state index contributed by atoms with van der Waals surface area (Å²) in [5, 5.41) is 0.320. The van der Waals surface area contributed by atoms with Gasteiger partial charge in [-0.3, -0.25) is 0 Å². The van der Waals surface area contributed by atoms with Crippen LogP contribution < -0.4 is 4.74 Å². The van der Waals surface area contributed by atoms with Gasteiger partial charge in [-0.1, -0.05) is 18.0 Å². The highest BCUT2D eigenvalue weighted by molar-refractivity contribution is 8.13. The lowest BCUT2D eigenvalue weighted by atomic mass is 9.86. The molecule has 0 heterocycles. The first-order valence-electron chi connectivity index (χ1n) is 5.34. The number of hydrogen-bond donors (Lipinski definition) is 0. The van der Waals surface area contributed by atoms with Crippen molar-refractivity contribution in [3.05, 3.63) is 23.2 Å². The summed E-state index contributed by atoms with van der Waals surface area (Å²) in [6.45, 7) is 0.529. The Morgan fingerprint density at radius 3 is 2.59 bits per heavy atom. The minimum absolute atomic E-state index is 0.0639. The van der Waals surface area contributed by atoms with Crippen molar-refractivity contribution >= 4 is 31.3 Å². The largest absolute Gasteiger partial charge is 0.492 e. The SMILES string of the molecule is O=S(=O)(Cl)c1cc(Cl)ccc1OCC1CCC1. The normalized spacial score (nSPS) is 16.6. The van der Waals surface area contributed by atoms with E-state index in [4.69, 9.17) is 27.0 Å². The number of benzene rings is 1. The van der Waals surface area contributed by atoms with Crippen LogP contribution in [0.15, 0.2) is 23.1 Å². The molecule has 0 N–H and O–H groups in total. The van der Waals surface area contributed by atoms with E-state index in [1.165, 1.54) is 18.6 Å². The van der Waals surface area contributed by atoms with Gasteiger partial charge < -0.3 is 4.74 Å². The smallest absolute Gasteiger partial charge is 0.265 e. The van der Waals surface area contributed by atoms with E-state index in [0.29, 0.717) is 17.5 Å². The van der Waals surface area contributed by atoms with E-state index in [1.807, 2.05) is 0 Å². The molecule has 1 aliphatic carbocycles. The monoisotopic (exact) mass is 294 g/mol. The van der Waals surface area contributed by atoms with Crippen molar-refractivity contribution < 1.29 is 13.2 Å². The molecule has 0 unspecified atom stereocenters. The van der Waals surface area contributed by atoms with Gasteiger partial charge in [0.1, 0.15) is 10.6 Å². The van der Waals surface area contributed by atoms with Crippen LogP contribution in [0.5, 0.6) is 5.75 Å². The fourth-order valence-electron chi connectivity index (χ4n) is 1.66. The van der Waals surface area contributed by atoms with Gasteiger partial charge in [0, 0.05) is 15.7 Å². The van der Waals surface area contributed by atoms with E-state index in [0.717, 1.165) is 12.8 Å². The zero-order chi connectivity index (χ0) is 12.5. The second-order valence-electron chi connectivity index (χ2n) is 4.14. The Bertz CT molecular complexity index is 509. The molecule has 0 aromatic heterocycles. The molecule has 1 aromatic rings. The number of ether oxygens (including phenoxy) is 1. The van der Waals surface area contributed by atoms with Gasteiger partial charge in [0.05, 0.1) is 6.61 Å². The van der Waals surface area contributed by atoms with E-state index in [2.05, 4.69) is 0 Å². The molecule has 3 nitrogen and oxygen atoms in total. The Balaban J connectivity index is 2.19. The third-order valence-electron chi connectivity index (χ3n) is 2.87. The molecule has 94 valence electrons. The first-order chi connectivity index (χ1) is 7.97. The molecule has 17 heavy (non-hydrogen) atoms. The molecule has 0 amide bonds. The summed E-state index contributed by atoms with van der Waals surface area (Å²) in [5.41, 5.74) is 0. The highest BCUT2D eigenvalue weighted by Crippen LogP contribution is 2.32. The Morgan fingerprint density at radius 1 is 1.35 bits per heavy atom. The fraction of sp³-hybridized carbons (Fsp3) is 0.455. The van der Waals surface area contributed by atoms with E-state index < -0.39 is 9.05 Å². The van der Waals surface area contributed by atoms with Crippen LogP contribution in [0, 0.1) is 5.92 Å². The lowest BCUT2D eigenvalue weighted by Gasteiger charge is -2.25. The molecular weight excluding hydrogens is 283 g/mol. The molecule has 0 aliphatic heterocycles. The molecule has 0 atom stereocenters. The van der Waals surface area contributed by atoms with Gasteiger partial charge in [-0.2, -0.15) is 0 Å². The van der Waals surface area contributed by atoms with Crippen molar-refractivity contribution in [1.29, 1.82) is 0 Å². The van der Waals surface area contributed by atoms with Crippen molar-refractivity contribution in [3.63, 3.8) is 0 Å². The molecule has 0 saturated heterocycles. The van der Waals surface area contributed by atoms with Crippen molar-refractivity contribution in [2.24, 2.45) is 5.92 Å². The number of rotatable bonds is 4. The Morgan fingerprint density at radius 2 is 2.06 bits per heavy atom. The highest BCUT2D eigenvalue weighted by Gasteiger charge is 2.21. The lowest BCUT2D eigenvalue weighted by Crippen LogP contribution is -2.19. The van der Waals surface area contributed by atoms with Gasteiger partial charge in [-0.25, -0.2) is 8.42 Å². The first kappa shape index (κ1) is 13.0. The topological polar surface area (TPSA) is 43.4 Å². The Labute approximate surface area is 110 Å². The minimum Gasteiger partial charge on any atom is -0.492 e. The maximum Gasteiger partial charge on any atom is 0.265 e. The predicted octanol–water partition coefficient (Wildman–Crippen LogP) is 3.45. The van der Waals surface area contributed by atoms with Crippen molar-refractivity contribution in [1.82, 2.24) is 0 Å². The second kappa shape index (κ2) is 5.04. The summed E-state index contributed by atoms with van der Waals surface area (Å²) in [6, 6.07) is 4.43. The van der Waals surface area contributed by atoms with Crippen molar-refractivity contribution in [2.45, 2.75) is 24.2 Å². The predicted molar refractivity (Wildman–Crippen MR) is 67.3 cm³/mol. The van der Waals surface area contributed by atoms with Crippen LogP contribution in [-0.2, 0) is 9.05 Å². The summed E-state index contributed by atoms with van der Waals surface area (Å²) in [6.07, 6.45) is 3.49. The zero-order valence-corrected chi connectivity index (χ0v) is 11.4. The molecule has 1 aliphatic rings. The average Bonchev–Trinajstić information content (AvgIpc) is 2.16. The highest BCUT2D eigenvalue weighted by atomic mass is 35.7. The summed E-state index contributed by atoms with van der Waals surface area (Å²) >= 11 is 5.75. The standard InChI is InChI=1S/C11H12Cl2O3S/c12-9-4-5-10(11(6-9)17(13,14)15)16-7-8-2-1-3-8/h4-6,8H,1-3,7H2. The van der Waals surface area contributed by atoms with Crippen molar-refractivity contribution in [2.75, 3.05) is 6.61 Å². The van der Waals surface area contributed by atoms with Gasteiger partial charge in [0.15, 0.2) is 0 Å². The van der Waals surface area contributed by atoms with Crippen molar-refractivity contribution in [3.8, 4) is 5.75 Å². The van der Waals surface area contributed by atoms with Gasteiger partial charge >= 0.3 is 0 Å². The summed E-state index contributed by atoms with van der Waals surface area (Å²) in [4.78, 5) is -0.0639. The van der Waals surface area contributed by atoms with Crippen LogP contribution in [0.25, 0.3) is 0 Å². The first-order valence-corrected chi connectivity index (χ1v) is 8.02. The maximum atomic E-state index is 11.4. The molecule has 2 rings (SSSR count). The van der Waals surface area contributed by atoms with E-state index >= 15 is 0 Å². The molecule has 1 fully saturated rings. The molecule has 1 aromatic carbocycles. The molecule has 0 spiro atoms. The van der Waals surface area contributed by atoms with Crippen LogP contribution in [0.1, 0.15) is 19.3 Å². The van der Waals surface area contributed by atoms with Crippen LogP contribution in [0.2, 0.25) is 5.02 Å².